The minimum Gasteiger partial charge on any atom is -0.271 e. The number of amides is 1. The van der Waals surface area contributed by atoms with Gasteiger partial charge in [-0.3, -0.25) is 9.10 Å². The fourth-order valence-electron chi connectivity index (χ4n) is 1.86. The Balaban J connectivity index is 2.11. The molecule has 1 amide bonds. The second-order valence-corrected chi connectivity index (χ2v) is 8.25. The second-order valence-electron chi connectivity index (χ2n) is 4.96. The average Bonchev–Trinajstić information content (AvgIpc) is 3.05. The summed E-state index contributed by atoms with van der Waals surface area (Å²) in [6, 6.07) is 9.96. The normalized spacial score (nSPS) is 12.0. The molecule has 1 N–H and O–H groups in total. The van der Waals surface area contributed by atoms with E-state index in [-0.39, 0.29) is 6.54 Å². The Morgan fingerprint density at radius 1 is 1.29 bits per heavy atom. The molecule has 0 radical (unpaired) electrons. The van der Waals surface area contributed by atoms with Gasteiger partial charge >= 0.3 is 0 Å². The monoisotopic (exact) mass is 385 g/mol. The van der Waals surface area contributed by atoms with Crippen molar-refractivity contribution in [2.24, 2.45) is 5.10 Å². The lowest BCUT2D eigenvalue weighted by atomic mass is 10.3. The number of hydrogen-bond donors (Lipinski definition) is 1. The molecule has 2 rings (SSSR count). The summed E-state index contributed by atoms with van der Waals surface area (Å²) in [4.78, 5) is 13.0. The number of anilines is 1. The lowest BCUT2D eigenvalue weighted by molar-refractivity contribution is -0.119. The number of carbonyl (C=O) groups excluding carboxylic acids is 1. The van der Waals surface area contributed by atoms with Gasteiger partial charge in [-0.25, -0.2) is 13.8 Å². The smallest absolute Gasteiger partial charge is 0.260 e. The predicted octanol–water partition coefficient (Wildman–Crippen LogP) is 2.71. The van der Waals surface area contributed by atoms with Crippen LogP contribution in [0.2, 0.25) is 5.02 Å². The van der Waals surface area contributed by atoms with Crippen molar-refractivity contribution in [2.45, 2.75) is 6.92 Å². The van der Waals surface area contributed by atoms with E-state index >= 15 is 0 Å². The molecule has 0 unspecified atom stereocenters. The Hall–Kier alpha value is -1.90. The van der Waals surface area contributed by atoms with Gasteiger partial charge in [-0.1, -0.05) is 17.7 Å². The van der Waals surface area contributed by atoms with Crippen molar-refractivity contribution in [3.63, 3.8) is 0 Å². The van der Waals surface area contributed by atoms with Gasteiger partial charge in [0.05, 0.1) is 17.7 Å². The molecule has 0 spiro atoms. The highest BCUT2D eigenvalue weighted by atomic mass is 35.5. The van der Waals surface area contributed by atoms with Crippen LogP contribution >= 0.6 is 22.9 Å². The van der Waals surface area contributed by atoms with Crippen LogP contribution in [0.25, 0.3) is 0 Å². The molecule has 9 heteroatoms. The number of halogens is 1. The van der Waals surface area contributed by atoms with Crippen molar-refractivity contribution in [1.82, 2.24) is 5.43 Å². The van der Waals surface area contributed by atoms with Gasteiger partial charge in [0.2, 0.25) is 10.0 Å². The van der Waals surface area contributed by atoms with Crippen LogP contribution in [0.5, 0.6) is 0 Å². The molecular weight excluding hydrogens is 370 g/mol. The largest absolute Gasteiger partial charge is 0.271 e. The summed E-state index contributed by atoms with van der Waals surface area (Å²) in [5.41, 5.74) is 3.38. The SMILES string of the molecule is C/C(=N/NC(=O)CN(c1ccc(Cl)cc1)S(C)(=O)=O)c1cccs1. The zero-order chi connectivity index (χ0) is 17.7. The zero-order valence-corrected chi connectivity index (χ0v) is 15.5. The molecule has 6 nitrogen and oxygen atoms in total. The summed E-state index contributed by atoms with van der Waals surface area (Å²) in [6.07, 6.45) is 1.04. The molecule has 0 atom stereocenters. The third kappa shape index (κ3) is 5.05. The maximum absolute atomic E-state index is 12.1. The number of sulfonamides is 1. The van der Waals surface area contributed by atoms with Gasteiger partial charge in [0, 0.05) is 9.90 Å². The lowest BCUT2D eigenvalue weighted by Crippen LogP contribution is -2.39. The van der Waals surface area contributed by atoms with Crippen LogP contribution in [-0.4, -0.2) is 32.8 Å². The Kier molecular flexibility index (Phi) is 5.98. The Labute approximate surface area is 149 Å². The maximum Gasteiger partial charge on any atom is 0.260 e. The number of thiophene rings is 1. The Bertz CT molecular complexity index is 831. The van der Waals surface area contributed by atoms with Gasteiger partial charge in [-0.2, -0.15) is 5.10 Å². The van der Waals surface area contributed by atoms with E-state index in [1.807, 2.05) is 17.5 Å². The van der Waals surface area contributed by atoms with Gasteiger partial charge in [-0.05, 0) is 42.6 Å². The summed E-state index contributed by atoms with van der Waals surface area (Å²) in [5.74, 6) is -0.536. The number of nitrogens with zero attached hydrogens (tertiary/aromatic N) is 2. The molecular formula is C15H16ClN3O3S2. The standard InChI is InChI=1S/C15H16ClN3O3S2/c1-11(14-4-3-9-23-14)17-18-15(20)10-19(24(2,21)22)13-7-5-12(16)6-8-13/h3-9H,10H2,1-2H3,(H,18,20)/b17-11-. The highest BCUT2D eigenvalue weighted by Crippen LogP contribution is 2.20. The van der Waals surface area contributed by atoms with Crippen LogP contribution in [0.1, 0.15) is 11.8 Å². The van der Waals surface area contributed by atoms with Crippen LogP contribution in [0, 0.1) is 0 Å². The fraction of sp³-hybridized carbons (Fsp3) is 0.200. The number of nitrogens with one attached hydrogen (secondary N) is 1. The quantitative estimate of drug-likeness (QED) is 0.613. The molecule has 128 valence electrons. The number of hydrogen-bond acceptors (Lipinski definition) is 5. The highest BCUT2D eigenvalue weighted by Gasteiger charge is 2.20. The van der Waals surface area contributed by atoms with Crippen molar-refractivity contribution in [1.29, 1.82) is 0 Å². The first kappa shape index (κ1) is 18.4. The van der Waals surface area contributed by atoms with Gasteiger partial charge in [0.25, 0.3) is 5.91 Å². The predicted molar refractivity (Wildman–Crippen MR) is 98.3 cm³/mol. The molecule has 0 bridgehead atoms. The lowest BCUT2D eigenvalue weighted by Gasteiger charge is -2.21. The van der Waals surface area contributed by atoms with Gasteiger partial charge in [0.15, 0.2) is 0 Å². The van der Waals surface area contributed by atoms with Crippen molar-refractivity contribution in [3.05, 3.63) is 51.7 Å². The van der Waals surface area contributed by atoms with Gasteiger partial charge in [-0.15, -0.1) is 11.3 Å². The molecule has 0 aliphatic carbocycles. The molecule has 0 aliphatic heterocycles. The van der Waals surface area contributed by atoms with Crippen LogP contribution < -0.4 is 9.73 Å². The summed E-state index contributed by atoms with van der Waals surface area (Å²) in [5, 5.41) is 6.38. The van der Waals surface area contributed by atoms with Crippen molar-refractivity contribution in [2.75, 3.05) is 17.1 Å². The summed E-state index contributed by atoms with van der Waals surface area (Å²) in [7, 11) is -3.62. The molecule has 2 aromatic rings. The molecule has 0 aliphatic rings. The molecule has 1 aromatic carbocycles. The van der Waals surface area contributed by atoms with Crippen LogP contribution in [-0.2, 0) is 14.8 Å². The average molecular weight is 386 g/mol. The number of carbonyl (C=O) groups is 1. The van der Waals surface area contributed by atoms with E-state index in [0.717, 1.165) is 15.4 Å². The van der Waals surface area contributed by atoms with Crippen molar-refractivity contribution >= 4 is 50.3 Å². The number of hydrazone groups is 1. The zero-order valence-electron chi connectivity index (χ0n) is 13.1. The van der Waals surface area contributed by atoms with Crippen LogP contribution in [0.15, 0.2) is 46.9 Å². The molecule has 0 saturated carbocycles. The van der Waals surface area contributed by atoms with E-state index in [2.05, 4.69) is 10.5 Å². The molecule has 24 heavy (non-hydrogen) atoms. The van der Waals surface area contributed by atoms with Crippen molar-refractivity contribution < 1.29 is 13.2 Å². The van der Waals surface area contributed by atoms with E-state index in [1.54, 1.807) is 19.1 Å². The van der Waals surface area contributed by atoms with Crippen LogP contribution in [0.3, 0.4) is 0 Å². The van der Waals surface area contributed by atoms with E-state index < -0.39 is 15.9 Å². The first-order chi connectivity index (χ1) is 11.3. The third-order valence-corrected chi connectivity index (χ3v) is 5.40. The fourth-order valence-corrected chi connectivity index (χ4v) is 3.52. The molecule has 0 saturated heterocycles. The van der Waals surface area contributed by atoms with E-state index in [9.17, 15) is 13.2 Å². The number of benzene rings is 1. The molecule has 1 aromatic heterocycles. The van der Waals surface area contributed by atoms with Crippen molar-refractivity contribution in [3.8, 4) is 0 Å². The van der Waals surface area contributed by atoms with Gasteiger partial charge in [0.1, 0.15) is 6.54 Å². The maximum atomic E-state index is 12.1. The Morgan fingerprint density at radius 3 is 2.50 bits per heavy atom. The highest BCUT2D eigenvalue weighted by molar-refractivity contribution is 7.92. The summed E-state index contributed by atoms with van der Waals surface area (Å²) in [6.45, 7) is 1.39. The van der Waals surface area contributed by atoms with E-state index in [0.29, 0.717) is 16.4 Å². The summed E-state index contributed by atoms with van der Waals surface area (Å²) >= 11 is 7.30. The minimum atomic E-state index is -3.62. The molecule has 0 fully saturated rings. The van der Waals surface area contributed by atoms with E-state index in [4.69, 9.17) is 11.6 Å². The van der Waals surface area contributed by atoms with Crippen LogP contribution in [0.4, 0.5) is 5.69 Å². The van der Waals surface area contributed by atoms with E-state index in [1.165, 1.54) is 23.5 Å². The Morgan fingerprint density at radius 2 is 1.96 bits per heavy atom. The first-order valence-electron chi connectivity index (χ1n) is 6.87. The summed E-state index contributed by atoms with van der Waals surface area (Å²) < 4.78 is 24.9. The van der Waals surface area contributed by atoms with Gasteiger partial charge < -0.3 is 0 Å². The third-order valence-electron chi connectivity index (χ3n) is 3.03. The minimum absolute atomic E-state index is 0.357. The first-order valence-corrected chi connectivity index (χ1v) is 9.98. The number of rotatable bonds is 6. The molecule has 1 heterocycles. The topological polar surface area (TPSA) is 78.8 Å². The second kappa shape index (κ2) is 7.78.